The highest BCUT2D eigenvalue weighted by molar-refractivity contribution is 7.13. The highest BCUT2D eigenvalue weighted by Gasteiger charge is 2.38. The molecular formula is C12H16N2O3S. The Hall–Kier alpha value is -1.43. The minimum Gasteiger partial charge on any atom is -0.481 e. The van der Waals surface area contributed by atoms with Gasteiger partial charge in [-0.3, -0.25) is 9.59 Å². The molecule has 0 aromatic carbocycles. The van der Waals surface area contributed by atoms with E-state index in [1.807, 2.05) is 6.92 Å². The molecular weight excluding hydrogens is 252 g/mol. The molecule has 0 spiro atoms. The van der Waals surface area contributed by atoms with E-state index in [4.69, 9.17) is 5.11 Å². The molecule has 0 saturated carbocycles. The summed E-state index contributed by atoms with van der Waals surface area (Å²) in [6, 6.07) is 0. The molecule has 0 unspecified atom stereocenters. The zero-order valence-corrected chi connectivity index (χ0v) is 11.3. The number of aryl methyl sites for hydroxylation is 1. The van der Waals surface area contributed by atoms with Gasteiger partial charge in [-0.2, -0.15) is 0 Å². The Labute approximate surface area is 109 Å². The zero-order valence-electron chi connectivity index (χ0n) is 10.5. The van der Waals surface area contributed by atoms with Gasteiger partial charge in [-0.05, 0) is 26.7 Å². The molecule has 5 nitrogen and oxygen atoms in total. The number of nitrogens with zero attached hydrogens (tertiary/aromatic N) is 2. The Kier molecular flexibility index (Phi) is 3.38. The number of carbonyl (C=O) groups excluding carboxylic acids is 1. The number of thiazole rings is 1. The van der Waals surface area contributed by atoms with Crippen LogP contribution in [-0.2, 0) is 4.79 Å². The summed E-state index contributed by atoms with van der Waals surface area (Å²) in [6.45, 7) is 4.60. The Balaban J connectivity index is 2.02. The highest BCUT2D eigenvalue weighted by Crippen LogP contribution is 2.31. The first kappa shape index (κ1) is 13.0. The van der Waals surface area contributed by atoms with Gasteiger partial charge in [-0.25, -0.2) is 4.98 Å². The largest absolute Gasteiger partial charge is 0.481 e. The SMILES string of the molecule is Cc1ncc(C(=O)N2CCC(C)(C(=O)O)CC2)s1. The molecule has 1 aromatic heterocycles. The van der Waals surface area contributed by atoms with E-state index < -0.39 is 11.4 Å². The summed E-state index contributed by atoms with van der Waals surface area (Å²) in [7, 11) is 0. The summed E-state index contributed by atoms with van der Waals surface area (Å²) >= 11 is 1.38. The molecule has 98 valence electrons. The quantitative estimate of drug-likeness (QED) is 0.887. The molecule has 1 saturated heterocycles. The molecule has 1 aliphatic heterocycles. The van der Waals surface area contributed by atoms with E-state index in [2.05, 4.69) is 4.98 Å². The maximum absolute atomic E-state index is 12.1. The number of aliphatic carboxylic acids is 1. The lowest BCUT2D eigenvalue weighted by molar-refractivity contribution is -0.150. The van der Waals surface area contributed by atoms with Crippen LogP contribution in [0.15, 0.2) is 6.20 Å². The van der Waals surface area contributed by atoms with Crippen LogP contribution in [0, 0.1) is 12.3 Å². The van der Waals surface area contributed by atoms with Crippen molar-refractivity contribution in [3.63, 3.8) is 0 Å². The second kappa shape index (κ2) is 4.68. The van der Waals surface area contributed by atoms with Gasteiger partial charge in [0.2, 0.25) is 0 Å². The number of likely N-dealkylation sites (tertiary alicyclic amines) is 1. The highest BCUT2D eigenvalue weighted by atomic mass is 32.1. The predicted molar refractivity (Wildman–Crippen MR) is 67.7 cm³/mol. The van der Waals surface area contributed by atoms with Crippen molar-refractivity contribution in [2.45, 2.75) is 26.7 Å². The second-order valence-corrected chi connectivity index (χ2v) is 6.14. The predicted octanol–water partition coefficient (Wildman–Crippen LogP) is 1.78. The Morgan fingerprint density at radius 1 is 1.44 bits per heavy atom. The maximum Gasteiger partial charge on any atom is 0.309 e. The van der Waals surface area contributed by atoms with Crippen LogP contribution in [0.3, 0.4) is 0 Å². The number of carbonyl (C=O) groups is 2. The fraction of sp³-hybridized carbons (Fsp3) is 0.583. The first-order valence-electron chi connectivity index (χ1n) is 5.87. The van der Waals surface area contributed by atoms with Gasteiger partial charge in [0.25, 0.3) is 5.91 Å². The van der Waals surface area contributed by atoms with E-state index in [9.17, 15) is 9.59 Å². The lowest BCUT2D eigenvalue weighted by Gasteiger charge is -2.36. The molecule has 18 heavy (non-hydrogen) atoms. The number of aromatic nitrogens is 1. The standard InChI is InChI=1S/C12H16N2O3S/c1-8-13-7-9(18-8)10(15)14-5-3-12(2,4-6-14)11(16)17/h7H,3-6H2,1-2H3,(H,16,17). The van der Waals surface area contributed by atoms with Crippen molar-refractivity contribution in [1.29, 1.82) is 0 Å². The van der Waals surface area contributed by atoms with Crippen LogP contribution in [0.5, 0.6) is 0 Å². The number of rotatable bonds is 2. The van der Waals surface area contributed by atoms with Gasteiger partial charge in [0.15, 0.2) is 0 Å². The molecule has 0 atom stereocenters. The Morgan fingerprint density at radius 3 is 2.50 bits per heavy atom. The van der Waals surface area contributed by atoms with Crippen LogP contribution in [0.2, 0.25) is 0 Å². The van der Waals surface area contributed by atoms with Crippen molar-refractivity contribution in [3.05, 3.63) is 16.1 Å². The fourth-order valence-electron chi connectivity index (χ4n) is 2.03. The Morgan fingerprint density at radius 2 is 2.06 bits per heavy atom. The molecule has 1 N–H and O–H groups in total. The molecule has 6 heteroatoms. The monoisotopic (exact) mass is 268 g/mol. The van der Waals surface area contributed by atoms with E-state index >= 15 is 0 Å². The molecule has 2 rings (SSSR count). The molecule has 1 aromatic rings. The summed E-state index contributed by atoms with van der Waals surface area (Å²) < 4.78 is 0. The average Bonchev–Trinajstić information content (AvgIpc) is 2.76. The van der Waals surface area contributed by atoms with E-state index in [1.165, 1.54) is 11.3 Å². The van der Waals surface area contributed by atoms with Gasteiger partial charge in [-0.15, -0.1) is 11.3 Å². The van der Waals surface area contributed by atoms with Gasteiger partial charge in [-0.1, -0.05) is 0 Å². The molecule has 0 radical (unpaired) electrons. The summed E-state index contributed by atoms with van der Waals surface area (Å²) in [5.41, 5.74) is -0.694. The van der Waals surface area contributed by atoms with Crippen LogP contribution in [0.1, 0.15) is 34.4 Å². The lowest BCUT2D eigenvalue weighted by Crippen LogP contribution is -2.45. The molecule has 1 aliphatic rings. The summed E-state index contributed by atoms with van der Waals surface area (Å²) in [4.78, 5) is 29.7. The average molecular weight is 268 g/mol. The van der Waals surface area contributed by atoms with Gasteiger partial charge in [0, 0.05) is 13.1 Å². The number of carboxylic acids is 1. The van der Waals surface area contributed by atoms with Crippen molar-refractivity contribution in [2.24, 2.45) is 5.41 Å². The molecule has 0 aliphatic carbocycles. The van der Waals surface area contributed by atoms with E-state index in [0.29, 0.717) is 30.8 Å². The minimum atomic E-state index is -0.775. The third-order valence-electron chi connectivity index (χ3n) is 3.50. The van der Waals surface area contributed by atoms with Crippen molar-refractivity contribution in [3.8, 4) is 0 Å². The van der Waals surface area contributed by atoms with Crippen LogP contribution >= 0.6 is 11.3 Å². The Bertz CT molecular complexity index is 475. The van der Waals surface area contributed by atoms with Gasteiger partial charge in [0.05, 0.1) is 16.6 Å². The van der Waals surface area contributed by atoms with Gasteiger partial charge < -0.3 is 10.0 Å². The normalized spacial score (nSPS) is 18.7. The number of piperidine rings is 1. The van der Waals surface area contributed by atoms with Crippen molar-refractivity contribution < 1.29 is 14.7 Å². The smallest absolute Gasteiger partial charge is 0.309 e. The van der Waals surface area contributed by atoms with Crippen LogP contribution in [0.4, 0.5) is 0 Å². The van der Waals surface area contributed by atoms with Gasteiger partial charge >= 0.3 is 5.97 Å². The molecule has 1 amide bonds. The maximum atomic E-state index is 12.1. The first-order valence-corrected chi connectivity index (χ1v) is 6.69. The second-order valence-electron chi connectivity index (χ2n) is 4.90. The third-order valence-corrected chi connectivity index (χ3v) is 4.40. The summed E-state index contributed by atoms with van der Waals surface area (Å²) in [5.74, 6) is -0.809. The summed E-state index contributed by atoms with van der Waals surface area (Å²) in [6.07, 6.45) is 2.60. The van der Waals surface area contributed by atoms with Crippen molar-refractivity contribution in [1.82, 2.24) is 9.88 Å². The number of hydrogen-bond acceptors (Lipinski definition) is 4. The van der Waals surface area contributed by atoms with Crippen LogP contribution < -0.4 is 0 Å². The number of carboxylic acid groups (broad SMARTS) is 1. The summed E-state index contributed by atoms with van der Waals surface area (Å²) in [5, 5.41) is 10.00. The third kappa shape index (κ3) is 2.38. The lowest BCUT2D eigenvalue weighted by atomic mass is 9.80. The molecule has 1 fully saturated rings. The molecule has 2 heterocycles. The number of amides is 1. The van der Waals surface area contributed by atoms with E-state index in [1.54, 1.807) is 18.0 Å². The zero-order chi connectivity index (χ0) is 13.3. The van der Waals surface area contributed by atoms with Crippen molar-refractivity contribution >= 4 is 23.2 Å². The fourth-order valence-corrected chi connectivity index (χ4v) is 2.78. The minimum absolute atomic E-state index is 0.0342. The van der Waals surface area contributed by atoms with Crippen LogP contribution in [-0.4, -0.2) is 40.0 Å². The first-order chi connectivity index (χ1) is 8.42. The van der Waals surface area contributed by atoms with Gasteiger partial charge in [0.1, 0.15) is 4.88 Å². The van der Waals surface area contributed by atoms with E-state index in [0.717, 1.165) is 5.01 Å². The molecule has 0 bridgehead atoms. The van der Waals surface area contributed by atoms with Crippen LogP contribution in [0.25, 0.3) is 0 Å². The topological polar surface area (TPSA) is 70.5 Å². The van der Waals surface area contributed by atoms with E-state index in [-0.39, 0.29) is 5.91 Å². The van der Waals surface area contributed by atoms with Crippen molar-refractivity contribution in [2.75, 3.05) is 13.1 Å². The number of hydrogen-bond donors (Lipinski definition) is 1.